The molecule has 0 aliphatic carbocycles. The molecule has 0 amide bonds. The molecule has 0 bridgehead atoms. The maximum atomic E-state index is 11.3. The Balaban J connectivity index is 1.94. The Morgan fingerprint density at radius 1 is 0.679 bits per heavy atom. The first-order valence-electron chi connectivity index (χ1n) is 7.86. The minimum absolute atomic E-state index is 0.0748. The van der Waals surface area contributed by atoms with Gasteiger partial charge in [0.25, 0.3) is 11.4 Å². The van der Waals surface area contributed by atoms with Crippen molar-refractivity contribution in [3.63, 3.8) is 0 Å². The number of nitro benzene ring substituents is 2. The molecule has 0 spiro atoms. The van der Waals surface area contributed by atoms with Crippen LogP contribution < -0.4 is 10.6 Å². The van der Waals surface area contributed by atoms with Gasteiger partial charge in [-0.05, 0) is 62.2 Å². The van der Waals surface area contributed by atoms with Crippen molar-refractivity contribution in [1.29, 1.82) is 0 Å². The second-order valence-electron chi connectivity index (χ2n) is 5.61. The Kier molecular flexibility index (Phi) is 5.90. The molecule has 0 heterocycles. The van der Waals surface area contributed by atoms with Gasteiger partial charge in [0.1, 0.15) is 11.4 Å². The molecule has 0 radical (unpaired) electrons. The molecule has 10 heteroatoms. The molecule has 0 fully saturated rings. The van der Waals surface area contributed by atoms with E-state index in [9.17, 15) is 20.2 Å². The molecule has 0 saturated heterocycles. The number of benzene rings is 3. The van der Waals surface area contributed by atoms with Crippen molar-refractivity contribution in [2.24, 2.45) is 0 Å². The zero-order chi connectivity index (χ0) is 20.3. The van der Waals surface area contributed by atoms with E-state index in [4.69, 9.17) is 0 Å². The number of para-hydroxylation sites is 2. The van der Waals surface area contributed by atoms with E-state index < -0.39 is 9.85 Å². The van der Waals surface area contributed by atoms with Crippen molar-refractivity contribution >= 4 is 66.0 Å². The lowest BCUT2D eigenvalue weighted by Gasteiger charge is -2.12. The Morgan fingerprint density at radius 3 is 1.46 bits per heavy atom. The van der Waals surface area contributed by atoms with E-state index in [0.29, 0.717) is 31.7 Å². The molecule has 2 N–H and O–H groups in total. The van der Waals surface area contributed by atoms with Gasteiger partial charge in [-0.15, -0.1) is 0 Å². The minimum atomic E-state index is -0.473. The van der Waals surface area contributed by atoms with Gasteiger partial charge in [0.05, 0.1) is 9.85 Å². The fourth-order valence-electron chi connectivity index (χ4n) is 2.54. The average molecular weight is 508 g/mol. The van der Waals surface area contributed by atoms with Crippen LogP contribution >= 0.6 is 31.9 Å². The molecule has 28 heavy (non-hydrogen) atoms. The third-order valence-electron chi connectivity index (χ3n) is 3.78. The molecule has 142 valence electrons. The number of nitrogens with zero attached hydrogens (tertiary/aromatic N) is 2. The molecule has 3 aromatic rings. The maximum absolute atomic E-state index is 11.3. The third-order valence-corrected chi connectivity index (χ3v) is 5.10. The minimum Gasteiger partial charge on any atom is -0.349 e. The molecular formula is C18H12Br2N4O4. The van der Waals surface area contributed by atoms with Gasteiger partial charge in [0.15, 0.2) is 0 Å². The van der Waals surface area contributed by atoms with Crippen LogP contribution in [0.2, 0.25) is 0 Å². The van der Waals surface area contributed by atoms with Crippen LogP contribution in [0.25, 0.3) is 0 Å². The summed E-state index contributed by atoms with van der Waals surface area (Å²) in [5, 5.41) is 28.6. The van der Waals surface area contributed by atoms with E-state index in [2.05, 4.69) is 42.5 Å². The standard InChI is InChI=1S/C18H12Br2N4O4/c19-13-6-2-8-15(23(25)26)17(13)21-11-4-1-5-12(10-11)22-18-14(20)7-3-9-16(18)24(27)28/h1-10,21-22H. The lowest BCUT2D eigenvalue weighted by molar-refractivity contribution is -0.384. The van der Waals surface area contributed by atoms with Gasteiger partial charge >= 0.3 is 0 Å². The molecule has 0 unspecified atom stereocenters. The summed E-state index contributed by atoms with van der Waals surface area (Å²) in [4.78, 5) is 21.6. The predicted molar refractivity (Wildman–Crippen MR) is 115 cm³/mol. The molecule has 0 aliphatic rings. The van der Waals surface area contributed by atoms with Crippen LogP contribution in [0.1, 0.15) is 0 Å². The first kappa shape index (κ1) is 19.8. The summed E-state index contributed by atoms with van der Waals surface area (Å²) >= 11 is 6.63. The lowest BCUT2D eigenvalue weighted by atomic mass is 10.2. The number of nitrogens with one attached hydrogen (secondary N) is 2. The quantitative estimate of drug-likeness (QED) is 0.290. The van der Waals surface area contributed by atoms with Crippen molar-refractivity contribution in [3.05, 3.63) is 89.8 Å². The Hall–Kier alpha value is -2.98. The van der Waals surface area contributed by atoms with E-state index in [-0.39, 0.29) is 11.4 Å². The first-order chi connectivity index (χ1) is 13.4. The molecule has 3 aromatic carbocycles. The molecule has 0 saturated carbocycles. The largest absolute Gasteiger partial charge is 0.349 e. The van der Waals surface area contributed by atoms with E-state index in [1.807, 2.05) is 0 Å². The highest BCUT2D eigenvalue weighted by atomic mass is 79.9. The van der Waals surface area contributed by atoms with E-state index >= 15 is 0 Å². The van der Waals surface area contributed by atoms with Crippen molar-refractivity contribution in [3.8, 4) is 0 Å². The number of nitro groups is 2. The third kappa shape index (κ3) is 4.29. The number of hydrogen-bond donors (Lipinski definition) is 2. The maximum Gasteiger partial charge on any atom is 0.293 e. The van der Waals surface area contributed by atoms with Crippen molar-refractivity contribution in [2.45, 2.75) is 0 Å². The highest BCUT2D eigenvalue weighted by molar-refractivity contribution is 9.11. The second-order valence-corrected chi connectivity index (χ2v) is 7.32. The van der Waals surface area contributed by atoms with Crippen LogP contribution in [-0.4, -0.2) is 9.85 Å². The highest BCUT2D eigenvalue weighted by Gasteiger charge is 2.18. The van der Waals surface area contributed by atoms with Gasteiger partial charge in [-0.1, -0.05) is 18.2 Å². The van der Waals surface area contributed by atoms with E-state index in [1.165, 1.54) is 12.1 Å². The predicted octanol–water partition coefficient (Wildman–Crippen LogP) is 6.52. The van der Waals surface area contributed by atoms with Crippen LogP contribution in [0.4, 0.5) is 34.1 Å². The molecular weight excluding hydrogens is 496 g/mol. The Labute approximate surface area is 176 Å². The summed E-state index contributed by atoms with van der Waals surface area (Å²) in [7, 11) is 0. The van der Waals surface area contributed by atoms with Crippen molar-refractivity contribution < 1.29 is 9.85 Å². The highest BCUT2D eigenvalue weighted by Crippen LogP contribution is 2.37. The van der Waals surface area contributed by atoms with E-state index in [1.54, 1.807) is 48.5 Å². The SMILES string of the molecule is O=[N+]([O-])c1cccc(Br)c1Nc1cccc(Nc2c(Br)cccc2[N+](=O)[O-])c1. The molecule has 0 aliphatic heterocycles. The van der Waals surface area contributed by atoms with Gasteiger partial charge in [-0.2, -0.15) is 0 Å². The summed E-state index contributed by atoms with van der Waals surface area (Å²) in [6, 6.07) is 16.3. The summed E-state index contributed by atoms with van der Waals surface area (Å²) in [6.07, 6.45) is 0. The van der Waals surface area contributed by atoms with Gasteiger partial charge in [-0.3, -0.25) is 20.2 Å². The van der Waals surface area contributed by atoms with Crippen molar-refractivity contribution in [2.75, 3.05) is 10.6 Å². The van der Waals surface area contributed by atoms with Crippen LogP contribution in [0.15, 0.2) is 69.6 Å². The molecule has 0 aromatic heterocycles. The van der Waals surface area contributed by atoms with Crippen LogP contribution in [0, 0.1) is 20.2 Å². The van der Waals surface area contributed by atoms with Crippen LogP contribution in [0.3, 0.4) is 0 Å². The van der Waals surface area contributed by atoms with Gasteiger partial charge < -0.3 is 10.6 Å². The number of hydrogen-bond acceptors (Lipinski definition) is 6. The lowest BCUT2D eigenvalue weighted by Crippen LogP contribution is -2.00. The topological polar surface area (TPSA) is 110 Å². The van der Waals surface area contributed by atoms with Crippen molar-refractivity contribution in [1.82, 2.24) is 0 Å². The van der Waals surface area contributed by atoms with Gasteiger partial charge in [0, 0.05) is 32.5 Å². The number of anilines is 4. The molecule has 3 rings (SSSR count). The zero-order valence-corrected chi connectivity index (χ0v) is 17.2. The van der Waals surface area contributed by atoms with E-state index in [0.717, 1.165) is 0 Å². The van der Waals surface area contributed by atoms with Gasteiger partial charge in [-0.25, -0.2) is 0 Å². The summed E-state index contributed by atoms with van der Waals surface area (Å²) < 4.78 is 1.09. The smallest absolute Gasteiger partial charge is 0.293 e. The number of halogens is 2. The fourth-order valence-corrected chi connectivity index (χ4v) is 3.45. The fraction of sp³-hybridized carbons (Fsp3) is 0. The first-order valence-corrected chi connectivity index (χ1v) is 9.45. The molecule has 8 nitrogen and oxygen atoms in total. The summed E-state index contributed by atoms with van der Waals surface area (Å²) in [6.45, 7) is 0. The Morgan fingerprint density at radius 2 is 1.07 bits per heavy atom. The molecule has 0 atom stereocenters. The summed E-state index contributed by atoms with van der Waals surface area (Å²) in [5.74, 6) is 0. The average Bonchev–Trinajstić information content (AvgIpc) is 2.65. The van der Waals surface area contributed by atoms with Crippen LogP contribution in [0.5, 0.6) is 0 Å². The second kappa shape index (κ2) is 8.36. The monoisotopic (exact) mass is 506 g/mol. The zero-order valence-electron chi connectivity index (χ0n) is 14.1. The van der Waals surface area contributed by atoms with Gasteiger partial charge in [0.2, 0.25) is 0 Å². The Bertz CT molecular complexity index is 994. The van der Waals surface area contributed by atoms with Crippen LogP contribution in [-0.2, 0) is 0 Å². The number of rotatable bonds is 6. The summed E-state index contributed by atoms with van der Waals surface area (Å²) in [5.41, 5.74) is 1.64. The normalized spacial score (nSPS) is 10.4.